The van der Waals surface area contributed by atoms with Crippen LogP contribution in [0.4, 0.5) is 4.39 Å². The molecule has 0 radical (unpaired) electrons. The van der Waals surface area contributed by atoms with Crippen molar-refractivity contribution < 1.29 is 22.4 Å². The Kier molecular flexibility index (Phi) is 6.87. The van der Waals surface area contributed by atoms with Crippen molar-refractivity contribution in [3.63, 3.8) is 0 Å². The first kappa shape index (κ1) is 20.1. The predicted molar refractivity (Wildman–Crippen MR) is 97.0 cm³/mol. The van der Waals surface area contributed by atoms with Crippen molar-refractivity contribution in [3.05, 3.63) is 52.5 Å². The normalized spacial score (nSPS) is 12.4. The molecule has 1 heterocycles. The zero-order valence-corrected chi connectivity index (χ0v) is 15.7. The smallest absolute Gasteiger partial charge is 0.309 e. The number of carbonyl (C=O) groups is 2. The molecule has 0 spiro atoms. The van der Waals surface area contributed by atoms with Crippen LogP contribution in [0, 0.1) is 5.82 Å². The Morgan fingerprint density at radius 1 is 1.12 bits per heavy atom. The molecule has 140 valence electrons. The first-order valence-electron chi connectivity index (χ1n) is 7.95. The van der Waals surface area contributed by atoms with Crippen molar-refractivity contribution >= 4 is 33.0 Å². The van der Waals surface area contributed by atoms with Gasteiger partial charge in [-0.05, 0) is 42.1 Å². The number of thiophene rings is 1. The molecule has 2 aromatic rings. The van der Waals surface area contributed by atoms with Gasteiger partial charge in [-0.15, -0.1) is 11.3 Å². The van der Waals surface area contributed by atoms with Crippen molar-refractivity contribution in [1.82, 2.24) is 10.6 Å². The van der Waals surface area contributed by atoms with E-state index < -0.39 is 32.7 Å². The van der Waals surface area contributed by atoms with E-state index in [4.69, 9.17) is 0 Å². The van der Waals surface area contributed by atoms with Gasteiger partial charge in [0.25, 0.3) is 0 Å². The molecule has 1 aromatic carbocycles. The van der Waals surface area contributed by atoms with E-state index in [2.05, 4.69) is 10.6 Å². The lowest BCUT2D eigenvalue weighted by Gasteiger charge is -2.17. The van der Waals surface area contributed by atoms with E-state index in [0.29, 0.717) is 17.8 Å². The molecule has 2 rings (SSSR count). The van der Waals surface area contributed by atoms with Crippen molar-refractivity contribution in [2.75, 3.05) is 13.1 Å². The van der Waals surface area contributed by atoms with Crippen LogP contribution in [0.25, 0.3) is 0 Å². The minimum Gasteiger partial charge on any atom is -0.348 e. The van der Waals surface area contributed by atoms with E-state index in [1.807, 2.05) is 6.92 Å². The van der Waals surface area contributed by atoms with Gasteiger partial charge in [0.05, 0.1) is 4.90 Å². The minimum absolute atomic E-state index is 0.0537. The summed E-state index contributed by atoms with van der Waals surface area (Å²) in [5.74, 6) is -2.25. The zero-order chi connectivity index (χ0) is 19.2. The second-order valence-corrected chi connectivity index (χ2v) is 8.58. The molecule has 1 aromatic heterocycles. The van der Waals surface area contributed by atoms with E-state index in [1.165, 1.54) is 23.5 Å². The highest BCUT2D eigenvalue weighted by Gasteiger charge is 2.31. The molecule has 1 unspecified atom stereocenters. The monoisotopic (exact) mass is 398 g/mol. The summed E-state index contributed by atoms with van der Waals surface area (Å²) in [6.07, 6.45) is 0.676. The fraction of sp³-hybridized carbons (Fsp3) is 0.294. The molecule has 26 heavy (non-hydrogen) atoms. The SMILES string of the molecule is CCCNC(=O)C(=O)NCC(c1cccs1)S(=O)(=O)c1ccc(F)cc1. The maximum absolute atomic E-state index is 13.1. The molecular formula is C17H19FN2O4S2. The average molecular weight is 398 g/mol. The molecule has 2 amide bonds. The Hall–Kier alpha value is -2.26. The second kappa shape index (κ2) is 8.91. The van der Waals surface area contributed by atoms with Gasteiger partial charge in [-0.2, -0.15) is 0 Å². The van der Waals surface area contributed by atoms with E-state index in [9.17, 15) is 22.4 Å². The molecule has 0 saturated carbocycles. The van der Waals surface area contributed by atoms with Gasteiger partial charge in [0.1, 0.15) is 11.1 Å². The number of nitrogens with one attached hydrogen (secondary N) is 2. The number of carbonyl (C=O) groups excluding carboxylic acids is 2. The largest absolute Gasteiger partial charge is 0.348 e. The molecule has 9 heteroatoms. The van der Waals surface area contributed by atoms with Crippen LogP contribution in [-0.4, -0.2) is 33.3 Å². The van der Waals surface area contributed by atoms with Gasteiger partial charge >= 0.3 is 11.8 Å². The van der Waals surface area contributed by atoms with E-state index in [1.54, 1.807) is 17.5 Å². The van der Waals surface area contributed by atoms with Crippen molar-refractivity contribution in [3.8, 4) is 0 Å². The molecule has 0 bridgehead atoms. The molecule has 1 atom stereocenters. The standard InChI is InChI=1S/C17H19FN2O4S2/c1-2-9-19-16(21)17(22)20-11-15(14-4-3-10-25-14)26(23,24)13-7-5-12(18)6-8-13/h3-8,10,15H,2,9,11H2,1H3,(H,19,21)(H,20,22). The van der Waals surface area contributed by atoms with Crippen LogP contribution in [0.1, 0.15) is 23.5 Å². The van der Waals surface area contributed by atoms with Gasteiger partial charge in [0, 0.05) is 18.0 Å². The summed E-state index contributed by atoms with van der Waals surface area (Å²) in [6, 6.07) is 7.83. The number of halogens is 1. The molecule has 0 aliphatic heterocycles. The van der Waals surface area contributed by atoms with Crippen molar-refractivity contribution in [2.24, 2.45) is 0 Å². The van der Waals surface area contributed by atoms with E-state index >= 15 is 0 Å². The quantitative estimate of drug-likeness (QED) is 0.551. The number of benzene rings is 1. The fourth-order valence-electron chi connectivity index (χ4n) is 2.21. The van der Waals surface area contributed by atoms with Gasteiger partial charge in [-0.3, -0.25) is 9.59 Å². The average Bonchev–Trinajstić information content (AvgIpc) is 3.14. The van der Waals surface area contributed by atoms with Crippen LogP contribution < -0.4 is 10.6 Å². The summed E-state index contributed by atoms with van der Waals surface area (Å²) >= 11 is 1.22. The molecule has 0 aliphatic carbocycles. The summed E-state index contributed by atoms with van der Waals surface area (Å²) < 4.78 is 39.0. The fourth-order valence-corrected chi connectivity index (χ4v) is 5.00. The van der Waals surface area contributed by atoms with Gasteiger partial charge in [-0.25, -0.2) is 12.8 Å². The molecule has 2 N–H and O–H groups in total. The maximum Gasteiger partial charge on any atom is 0.309 e. The Morgan fingerprint density at radius 3 is 2.35 bits per heavy atom. The Morgan fingerprint density at radius 2 is 1.77 bits per heavy atom. The topological polar surface area (TPSA) is 92.3 Å². The number of sulfone groups is 1. The molecule has 0 fully saturated rings. The Bertz CT molecular complexity index is 849. The third kappa shape index (κ3) is 4.89. The first-order chi connectivity index (χ1) is 12.4. The predicted octanol–water partition coefficient (Wildman–Crippen LogP) is 2.04. The summed E-state index contributed by atoms with van der Waals surface area (Å²) in [5.41, 5.74) is 0. The van der Waals surface area contributed by atoms with E-state index in [0.717, 1.165) is 12.1 Å². The van der Waals surface area contributed by atoms with Crippen LogP contribution in [0.3, 0.4) is 0 Å². The highest BCUT2D eigenvalue weighted by Crippen LogP contribution is 2.31. The van der Waals surface area contributed by atoms with Gasteiger partial charge in [0.2, 0.25) is 0 Å². The summed E-state index contributed by atoms with van der Waals surface area (Å²) in [6.45, 7) is 1.94. The summed E-state index contributed by atoms with van der Waals surface area (Å²) in [7, 11) is -3.88. The Balaban J connectivity index is 2.21. The lowest BCUT2D eigenvalue weighted by molar-refractivity contribution is -0.139. The third-order valence-corrected chi connectivity index (χ3v) is 6.80. The Labute approximate surface area is 155 Å². The lowest BCUT2D eigenvalue weighted by atomic mass is 10.3. The van der Waals surface area contributed by atoms with Crippen molar-refractivity contribution in [2.45, 2.75) is 23.5 Å². The van der Waals surface area contributed by atoms with Crippen LogP contribution in [0.15, 0.2) is 46.7 Å². The van der Waals surface area contributed by atoms with Gasteiger partial charge in [-0.1, -0.05) is 13.0 Å². The number of amides is 2. The van der Waals surface area contributed by atoms with Gasteiger partial charge in [0.15, 0.2) is 9.84 Å². The highest BCUT2D eigenvalue weighted by atomic mass is 32.2. The first-order valence-corrected chi connectivity index (χ1v) is 10.4. The molecule has 6 nitrogen and oxygen atoms in total. The second-order valence-electron chi connectivity index (χ2n) is 5.47. The third-order valence-electron chi connectivity index (χ3n) is 3.57. The maximum atomic E-state index is 13.1. The van der Waals surface area contributed by atoms with Crippen LogP contribution >= 0.6 is 11.3 Å². The summed E-state index contributed by atoms with van der Waals surface area (Å²) in [5, 5.41) is 5.44. The molecule has 0 aliphatic rings. The lowest BCUT2D eigenvalue weighted by Crippen LogP contribution is -2.42. The van der Waals surface area contributed by atoms with E-state index in [-0.39, 0.29) is 11.4 Å². The number of hydrogen-bond donors (Lipinski definition) is 2. The van der Waals surface area contributed by atoms with Crippen LogP contribution in [0.5, 0.6) is 0 Å². The molecule has 0 saturated heterocycles. The number of hydrogen-bond acceptors (Lipinski definition) is 5. The van der Waals surface area contributed by atoms with Crippen LogP contribution in [-0.2, 0) is 19.4 Å². The number of rotatable bonds is 7. The summed E-state index contributed by atoms with van der Waals surface area (Å²) in [4.78, 5) is 24.0. The minimum atomic E-state index is -3.88. The zero-order valence-electron chi connectivity index (χ0n) is 14.1. The molecular weight excluding hydrogens is 379 g/mol. The van der Waals surface area contributed by atoms with Crippen molar-refractivity contribution in [1.29, 1.82) is 0 Å². The van der Waals surface area contributed by atoms with Gasteiger partial charge < -0.3 is 10.6 Å². The van der Waals surface area contributed by atoms with Crippen LogP contribution in [0.2, 0.25) is 0 Å². The highest BCUT2D eigenvalue weighted by molar-refractivity contribution is 7.91.